The predicted octanol–water partition coefficient (Wildman–Crippen LogP) is 3.84. The number of benzene rings is 1. The zero-order valence-electron chi connectivity index (χ0n) is 11.4. The van der Waals surface area contributed by atoms with Crippen molar-refractivity contribution in [1.29, 1.82) is 0 Å². The first-order valence-electron chi connectivity index (χ1n) is 6.35. The van der Waals surface area contributed by atoms with E-state index in [1.807, 2.05) is 0 Å². The van der Waals surface area contributed by atoms with Gasteiger partial charge in [0.1, 0.15) is 0 Å². The molecule has 1 atom stereocenters. The van der Waals surface area contributed by atoms with Crippen LogP contribution in [-0.4, -0.2) is 13.7 Å². The van der Waals surface area contributed by atoms with E-state index in [-0.39, 0.29) is 17.6 Å². The molecule has 1 rings (SSSR count). The maximum atomic E-state index is 13.4. The Hall–Kier alpha value is -1.35. The van der Waals surface area contributed by atoms with E-state index in [1.54, 1.807) is 12.1 Å². The summed E-state index contributed by atoms with van der Waals surface area (Å²) in [5.41, 5.74) is 2.22. The molecule has 100 valence electrons. The van der Waals surface area contributed by atoms with E-state index >= 15 is 0 Å². The standard InChI is InChI=1S/C15H22FNO/c1-5-11(3)9-14(17-6-2)12-7-8-13(16)15(10-12)18-4/h7-8,10,14,17H,3,5-6,9H2,1-2,4H3. The maximum Gasteiger partial charge on any atom is 0.165 e. The van der Waals surface area contributed by atoms with E-state index in [1.165, 1.54) is 18.7 Å². The summed E-state index contributed by atoms with van der Waals surface area (Å²) < 4.78 is 18.4. The molecule has 1 unspecified atom stereocenters. The molecular formula is C15H22FNO. The lowest BCUT2D eigenvalue weighted by molar-refractivity contribution is 0.384. The Labute approximate surface area is 109 Å². The minimum Gasteiger partial charge on any atom is -0.494 e. The zero-order chi connectivity index (χ0) is 13.5. The number of methoxy groups -OCH3 is 1. The van der Waals surface area contributed by atoms with Crippen LogP contribution in [0.3, 0.4) is 0 Å². The van der Waals surface area contributed by atoms with Crippen LogP contribution >= 0.6 is 0 Å². The number of rotatable bonds is 7. The van der Waals surface area contributed by atoms with Crippen molar-refractivity contribution in [2.24, 2.45) is 0 Å². The Kier molecular flexibility index (Phi) is 5.86. The molecule has 0 aliphatic carbocycles. The SMILES string of the molecule is C=C(CC)CC(NCC)c1ccc(F)c(OC)c1. The van der Waals surface area contributed by atoms with E-state index in [0.717, 1.165) is 24.9 Å². The summed E-state index contributed by atoms with van der Waals surface area (Å²) in [5, 5.41) is 3.40. The number of nitrogens with one attached hydrogen (secondary N) is 1. The van der Waals surface area contributed by atoms with E-state index in [4.69, 9.17) is 4.74 Å². The van der Waals surface area contributed by atoms with Crippen LogP contribution in [0.15, 0.2) is 30.4 Å². The Morgan fingerprint density at radius 3 is 2.72 bits per heavy atom. The molecule has 0 fully saturated rings. The van der Waals surface area contributed by atoms with Crippen LogP contribution in [-0.2, 0) is 0 Å². The highest BCUT2D eigenvalue weighted by molar-refractivity contribution is 5.32. The van der Waals surface area contributed by atoms with E-state index < -0.39 is 0 Å². The van der Waals surface area contributed by atoms with Gasteiger partial charge in [-0.25, -0.2) is 4.39 Å². The van der Waals surface area contributed by atoms with Crippen molar-refractivity contribution in [3.63, 3.8) is 0 Å². The number of halogens is 1. The highest BCUT2D eigenvalue weighted by Crippen LogP contribution is 2.26. The van der Waals surface area contributed by atoms with E-state index in [0.29, 0.717) is 0 Å². The molecule has 0 radical (unpaired) electrons. The highest BCUT2D eigenvalue weighted by Gasteiger charge is 2.13. The third-order valence-corrected chi connectivity index (χ3v) is 3.02. The second-order valence-electron chi connectivity index (χ2n) is 4.31. The van der Waals surface area contributed by atoms with Gasteiger partial charge in [-0.2, -0.15) is 0 Å². The summed E-state index contributed by atoms with van der Waals surface area (Å²) in [7, 11) is 1.48. The molecule has 0 aliphatic heterocycles. The summed E-state index contributed by atoms with van der Waals surface area (Å²) in [5.74, 6) is -0.0386. The monoisotopic (exact) mass is 251 g/mol. The van der Waals surface area contributed by atoms with Crippen LogP contribution in [0, 0.1) is 5.82 Å². The van der Waals surface area contributed by atoms with Crippen LogP contribution in [0.4, 0.5) is 4.39 Å². The first-order valence-corrected chi connectivity index (χ1v) is 6.35. The molecule has 0 saturated heterocycles. The maximum absolute atomic E-state index is 13.4. The van der Waals surface area contributed by atoms with Crippen molar-refractivity contribution in [2.75, 3.05) is 13.7 Å². The largest absolute Gasteiger partial charge is 0.494 e. The van der Waals surface area contributed by atoms with E-state index in [9.17, 15) is 4.39 Å². The third-order valence-electron chi connectivity index (χ3n) is 3.02. The average molecular weight is 251 g/mol. The fourth-order valence-corrected chi connectivity index (χ4v) is 1.88. The second-order valence-corrected chi connectivity index (χ2v) is 4.31. The van der Waals surface area contributed by atoms with Crippen LogP contribution < -0.4 is 10.1 Å². The molecule has 0 saturated carbocycles. The quantitative estimate of drug-likeness (QED) is 0.743. The summed E-state index contributed by atoms with van der Waals surface area (Å²) in [4.78, 5) is 0. The fourth-order valence-electron chi connectivity index (χ4n) is 1.88. The lowest BCUT2D eigenvalue weighted by atomic mass is 9.98. The predicted molar refractivity (Wildman–Crippen MR) is 73.4 cm³/mol. The Bertz CT molecular complexity index is 403. The van der Waals surface area contributed by atoms with Crippen LogP contribution in [0.1, 0.15) is 38.3 Å². The van der Waals surface area contributed by atoms with Crippen LogP contribution in [0.5, 0.6) is 5.75 Å². The average Bonchev–Trinajstić information content (AvgIpc) is 2.38. The van der Waals surface area contributed by atoms with Gasteiger partial charge in [0.25, 0.3) is 0 Å². The van der Waals surface area contributed by atoms with Crippen molar-refractivity contribution in [2.45, 2.75) is 32.7 Å². The topological polar surface area (TPSA) is 21.3 Å². The first-order chi connectivity index (χ1) is 8.62. The molecule has 3 heteroatoms. The molecule has 0 amide bonds. The van der Waals surface area contributed by atoms with Gasteiger partial charge in [0.15, 0.2) is 11.6 Å². The summed E-state index contributed by atoms with van der Waals surface area (Å²) >= 11 is 0. The highest BCUT2D eigenvalue weighted by atomic mass is 19.1. The van der Waals surface area contributed by atoms with Crippen molar-refractivity contribution in [3.8, 4) is 5.75 Å². The summed E-state index contributed by atoms with van der Waals surface area (Å²) in [6, 6.07) is 5.17. The Morgan fingerprint density at radius 1 is 1.44 bits per heavy atom. The van der Waals surface area contributed by atoms with Gasteiger partial charge in [0.05, 0.1) is 7.11 Å². The number of hydrogen-bond donors (Lipinski definition) is 1. The number of ether oxygens (including phenoxy) is 1. The normalized spacial score (nSPS) is 12.2. The lowest BCUT2D eigenvalue weighted by Crippen LogP contribution is -2.21. The van der Waals surface area contributed by atoms with Gasteiger partial charge in [-0.3, -0.25) is 0 Å². The molecule has 2 nitrogen and oxygen atoms in total. The van der Waals surface area contributed by atoms with Crippen molar-refractivity contribution in [3.05, 3.63) is 41.7 Å². The van der Waals surface area contributed by atoms with Crippen LogP contribution in [0.2, 0.25) is 0 Å². The van der Waals surface area contributed by atoms with Gasteiger partial charge in [-0.15, -0.1) is 0 Å². The number of hydrogen-bond acceptors (Lipinski definition) is 2. The van der Waals surface area contributed by atoms with Gasteiger partial charge in [-0.1, -0.05) is 32.1 Å². The fraction of sp³-hybridized carbons (Fsp3) is 0.467. The van der Waals surface area contributed by atoms with Gasteiger partial charge in [-0.05, 0) is 37.1 Å². The minimum atomic E-state index is -0.328. The van der Waals surface area contributed by atoms with E-state index in [2.05, 4.69) is 25.7 Å². The molecular weight excluding hydrogens is 229 g/mol. The van der Waals surface area contributed by atoms with Crippen molar-refractivity contribution < 1.29 is 9.13 Å². The molecule has 0 spiro atoms. The zero-order valence-corrected chi connectivity index (χ0v) is 11.4. The molecule has 0 aromatic heterocycles. The smallest absolute Gasteiger partial charge is 0.165 e. The Balaban J connectivity index is 2.94. The van der Waals surface area contributed by atoms with Gasteiger partial charge in [0, 0.05) is 6.04 Å². The van der Waals surface area contributed by atoms with Crippen molar-refractivity contribution >= 4 is 0 Å². The van der Waals surface area contributed by atoms with Crippen molar-refractivity contribution in [1.82, 2.24) is 5.32 Å². The third kappa shape index (κ3) is 3.84. The molecule has 18 heavy (non-hydrogen) atoms. The molecule has 0 aliphatic rings. The molecule has 0 bridgehead atoms. The van der Waals surface area contributed by atoms with Gasteiger partial charge in [0.2, 0.25) is 0 Å². The molecule has 1 N–H and O–H groups in total. The lowest BCUT2D eigenvalue weighted by Gasteiger charge is -2.20. The van der Waals surface area contributed by atoms with Gasteiger partial charge >= 0.3 is 0 Å². The first kappa shape index (κ1) is 14.7. The second kappa shape index (κ2) is 7.17. The van der Waals surface area contributed by atoms with Gasteiger partial charge < -0.3 is 10.1 Å². The Morgan fingerprint density at radius 2 is 2.17 bits per heavy atom. The molecule has 0 heterocycles. The summed E-state index contributed by atoms with van der Waals surface area (Å²) in [6.07, 6.45) is 1.82. The summed E-state index contributed by atoms with van der Waals surface area (Å²) in [6.45, 7) is 9.05. The minimum absolute atomic E-state index is 0.164. The molecule has 1 aromatic carbocycles. The van der Waals surface area contributed by atoms with Crippen LogP contribution in [0.25, 0.3) is 0 Å². The molecule has 1 aromatic rings.